The smallest absolute Gasteiger partial charge is 0.388 e. The quantitative estimate of drug-likeness (QED) is 0.808. The standard InChI is InChI=1S/C15H11ClF4O/c16-11-2-1-3-12(17)14(11)13(21)8-9-4-6-10(7-5-9)15(18,19)20/h1-7,13,21H,8H2. The second kappa shape index (κ2) is 6.03. The Balaban J connectivity index is 2.18. The van der Waals surface area contributed by atoms with Gasteiger partial charge in [0, 0.05) is 17.0 Å². The van der Waals surface area contributed by atoms with Gasteiger partial charge in [-0.15, -0.1) is 0 Å². The van der Waals surface area contributed by atoms with Crippen molar-refractivity contribution in [2.24, 2.45) is 0 Å². The molecule has 1 atom stereocenters. The van der Waals surface area contributed by atoms with Crippen molar-refractivity contribution < 1.29 is 22.7 Å². The zero-order valence-corrected chi connectivity index (χ0v) is 11.4. The van der Waals surface area contributed by atoms with Crippen LogP contribution in [0, 0.1) is 5.82 Å². The Morgan fingerprint density at radius 3 is 2.19 bits per heavy atom. The van der Waals surface area contributed by atoms with Gasteiger partial charge in [0.05, 0.1) is 11.7 Å². The summed E-state index contributed by atoms with van der Waals surface area (Å²) < 4.78 is 50.9. The summed E-state index contributed by atoms with van der Waals surface area (Å²) in [7, 11) is 0. The number of rotatable bonds is 3. The van der Waals surface area contributed by atoms with Crippen LogP contribution >= 0.6 is 11.6 Å². The monoisotopic (exact) mass is 318 g/mol. The Morgan fingerprint density at radius 1 is 1.05 bits per heavy atom. The highest BCUT2D eigenvalue weighted by molar-refractivity contribution is 6.31. The SMILES string of the molecule is OC(Cc1ccc(C(F)(F)F)cc1)c1c(F)cccc1Cl. The first-order valence-corrected chi connectivity index (χ1v) is 6.45. The van der Waals surface area contributed by atoms with Crippen LogP contribution < -0.4 is 0 Å². The fraction of sp³-hybridized carbons (Fsp3) is 0.200. The molecule has 0 fully saturated rings. The average Bonchev–Trinajstić information content (AvgIpc) is 2.38. The van der Waals surface area contributed by atoms with Crippen LogP contribution in [0.15, 0.2) is 42.5 Å². The molecule has 2 rings (SSSR count). The van der Waals surface area contributed by atoms with E-state index in [2.05, 4.69) is 0 Å². The Bertz CT molecular complexity index is 602. The van der Waals surface area contributed by atoms with Crippen LogP contribution in [0.25, 0.3) is 0 Å². The van der Waals surface area contributed by atoms with Gasteiger partial charge in [-0.05, 0) is 29.8 Å². The van der Waals surface area contributed by atoms with Crippen molar-refractivity contribution >= 4 is 11.6 Å². The third kappa shape index (κ3) is 3.74. The summed E-state index contributed by atoms with van der Waals surface area (Å²) >= 11 is 5.83. The average molecular weight is 319 g/mol. The van der Waals surface area contributed by atoms with Crippen LogP contribution in [-0.4, -0.2) is 5.11 Å². The molecule has 1 nitrogen and oxygen atoms in total. The van der Waals surface area contributed by atoms with Gasteiger partial charge in [0.1, 0.15) is 5.82 Å². The fourth-order valence-electron chi connectivity index (χ4n) is 1.98. The van der Waals surface area contributed by atoms with E-state index in [9.17, 15) is 22.7 Å². The summed E-state index contributed by atoms with van der Waals surface area (Å²) in [5.74, 6) is -0.651. The maximum atomic E-state index is 13.6. The molecule has 0 saturated heterocycles. The Hall–Kier alpha value is -1.59. The van der Waals surface area contributed by atoms with Crippen molar-refractivity contribution in [1.29, 1.82) is 0 Å². The lowest BCUT2D eigenvalue weighted by Crippen LogP contribution is -2.07. The molecule has 0 aliphatic rings. The van der Waals surface area contributed by atoms with Gasteiger partial charge in [0.15, 0.2) is 0 Å². The molecule has 0 amide bonds. The minimum Gasteiger partial charge on any atom is -0.388 e. The van der Waals surface area contributed by atoms with E-state index < -0.39 is 23.7 Å². The molecule has 0 bridgehead atoms. The molecule has 0 aliphatic carbocycles. The predicted molar refractivity (Wildman–Crippen MR) is 71.5 cm³/mol. The molecule has 0 aliphatic heterocycles. The van der Waals surface area contributed by atoms with E-state index in [-0.39, 0.29) is 17.0 Å². The molecule has 0 saturated carbocycles. The number of aliphatic hydroxyl groups excluding tert-OH is 1. The molecule has 2 aromatic carbocycles. The van der Waals surface area contributed by atoms with Crippen LogP contribution in [0.5, 0.6) is 0 Å². The van der Waals surface area contributed by atoms with E-state index in [4.69, 9.17) is 11.6 Å². The van der Waals surface area contributed by atoms with Crippen molar-refractivity contribution in [2.45, 2.75) is 18.7 Å². The predicted octanol–water partition coefficient (Wildman–Crippen LogP) is 4.77. The number of hydrogen-bond donors (Lipinski definition) is 1. The highest BCUT2D eigenvalue weighted by Gasteiger charge is 2.30. The molecule has 0 heterocycles. The summed E-state index contributed by atoms with van der Waals surface area (Å²) in [6, 6.07) is 8.36. The van der Waals surface area contributed by atoms with E-state index in [0.717, 1.165) is 18.2 Å². The summed E-state index contributed by atoms with van der Waals surface area (Å²) in [6.45, 7) is 0. The molecule has 1 unspecified atom stereocenters. The first kappa shape index (κ1) is 15.8. The first-order chi connectivity index (χ1) is 9.79. The van der Waals surface area contributed by atoms with Gasteiger partial charge < -0.3 is 5.11 Å². The normalized spacial score (nSPS) is 13.2. The summed E-state index contributed by atoms with van der Waals surface area (Å²) in [5, 5.41) is 10.1. The Morgan fingerprint density at radius 2 is 1.67 bits per heavy atom. The van der Waals surface area contributed by atoms with Gasteiger partial charge in [-0.1, -0.05) is 29.8 Å². The number of benzene rings is 2. The third-order valence-electron chi connectivity index (χ3n) is 3.04. The molecular formula is C15H11ClF4O. The van der Waals surface area contributed by atoms with E-state index in [1.807, 2.05) is 0 Å². The molecule has 0 radical (unpaired) electrons. The molecule has 0 spiro atoms. The molecular weight excluding hydrogens is 308 g/mol. The number of hydrogen-bond acceptors (Lipinski definition) is 1. The topological polar surface area (TPSA) is 20.2 Å². The maximum Gasteiger partial charge on any atom is 0.416 e. The van der Waals surface area contributed by atoms with Crippen molar-refractivity contribution in [2.75, 3.05) is 0 Å². The van der Waals surface area contributed by atoms with Crippen molar-refractivity contribution in [1.82, 2.24) is 0 Å². The van der Waals surface area contributed by atoms with Gasteiger partial charge in [0.25, 0.3) is 0 Å². The second-order valence-corrected chi connectivity index (χ2v) is 4.96. The summed E-state index contributed by atoms with van der Waals surface area (Å²) in [5.41, 5.74) is -0.376. The van der Waals surface area contributed by atoms with Crippen LogP contribution in [0.3, 0.4) is 0 Å². The lowest BCUT2D eigenvalue weighted by atomic mass is 10.00. The maximum absolute atomic E-state index is 13.6. The van der Waals surface area contributed by atoms with E-state index >= 15 is 0 Å². The fourth-order valence-corrected chi connectivity index (χ4v) is 2.27. The van der Waals surface area contributed by atoms with E-state index in [1.165, 1.54) is 24.3 Å². The highest BCUT2D eigenvalue weighted by atomic mass is 35.5. The largest absolute Gasteiger partial charge is 0.416 e. The number of aliphatic hydroxyl groups is 1. The molecule has 6 heteroatoms. The van der Waals surface area contributed by atoms with E-state index in [1.54, 1.807) is 0 Å². The summed E-state index contributed by atoms with van der Waals surface area (Å²) in [6.07, 6.45) is -5.67. The highest BCUT2D eigenvalue weighted by Crippen LogP contribution is 2.31. The van der Waals surface area contributed by atoms with Crippen molar-refractivity contribution in [3.8, 4) is 0 Å². The zero-order valence-electron chi connectivity index (χ0n) is 10.7. The van der Waals surface area contributed by atoms with Gasteiger partial charge in [-0.3, -0.25) is 0 Å². The van der Waals surface area contributed by atoms with Gasteiger partial charge in [-0.25, -0.2) is 4.39 Å². The number of halogens is 5. The minimum absolute atomic E-state index is 0.0290. The minimum atomic E-state index is -4.41. The lowest BCUT2D eigenvalue weighted by molar-refractivity contribution is -0.137. The third-order valence-corrected chi connectivity index (χ3v) is 3.37. The number of alkyl halides is 3. The van der Waals surface area contributed by atoms with Crippen LogP contribution in [0.4, 0.5) is 17.6 Å². The van der Waals surface area contributed by atoms with Gasteiger partial charge in [0.2, 0.25) is 0 Å². The van der Waals surface area contributed by atoms with Crippen LogP contribution in [0.1, 0.15) is 22.8 Å². The van der Waals surface area contributed by atoms with Crippen molar-refractivity contribution in [3.05, 3.63) is 70.0 Å². The molecule has 112 valence electrons. The second-order valence-electron chi connectivity index (χ2n) is 4.55. The van der Waals surface area contributed by atoms with Gasteiger partial charge >= 0.3 is 6.18 Å². The first-order valence-electron chi connectivity index (χ1n) is 6.07. The van der Waals surface area contributed by atoms with Crippen LogP contribution in [-0.2, 0) is 12.6 Å². The lowest BCUT2D eigenvalue weighted by Gasteiger charge is -2.14. The Labute approximate surface area is 123 Å². The molecule has 1 N–H and O–H groups in total. The molecule has 2 aromatic rings. The van der Waals surface area contributed by atoms with Crippen molar-refractivity contribution in [3.63, 3.8) is 0 Å². The van der Waals surface area contributed by atoms with Crippen LogP contribution in [0.2, 0.25) is 5.02 Å². The molecule has 21 heavy (non-hydrogen) atoms. The summed E-state index contributed by atoms with van der Waals surface area (Å²) in [4.78, 5) is 0. The zero-order chi connectivity index (χ0) is 15.6. The van der Waals surface area contributed by atoms with Gasteiger partial charge in [-0.2, -0.15) is 13.2 Å². The van der Waals surface area contributed by atoms with E-state index in [0.29, 0.717) is 5.56 Å². The molecule has 0 aromatic heterocycles. The Kier molecular flexibility index (Phi) is 4.54.